The summed E-state index contributed by atoms with van der Waals surface area (Å²) in [6.45, 7) is 1.03. The number of hydrogen-bond donors (Lipinski definition) is 0. The van der Waals surface area contributed by atoms with Gasteiger partial charge in [0, 0.05) is 26.0 Å². The molecular weight excluding hydrogens is 198 g/mol. The molecule has 0 radical (unpaired) electrons. The summed E-state index contributed by atoms with van der Waals surface area (Å²) in [5.41, 5.74) is 1.37. The molecule has 0 bridgehead atoms. The van der Waals surface area contributed by atoms with E-state index in [1.54, 1.807) is 12.5 Å². The second-order valence-corrected chi connectivity index (χ2v) is 3.95. The molecule has 0 saturated carbocycles. The van der Waals surface area contributed by atoms with Crippen LogP contribution in [0.4, 0.5) is 0 Å². The minimum Gasteiger partial charge on any atom is -0.341 e. The van der Waals surface area contributed by atoms with Crippen LogP contribution in [0.15, 0.2) is 49.1 Å². The molecule has 1 aromatic carbocycles. The molecule has 3 heteroatoms. The summed E-state index contributed by atoms with van der Waals surface area (Å²) >= 11 is 0. The van der Waals surface area contributed by atoms with Crippen molar-refractivity contribution in [2.24, 2.45) is 7.05 Å². The highest BCUT2D eigenvalue weighted by atomic mass is 15.0. The van der Waals surface area contributed by atoms with Crippen LogP contribution in [-0.2, 0) is 13.6 Å². The van der Waals surface area contributed by atoms with Crippen molar-refractivity contribution in [1.82, 2.24) is 14.5 Å². The highest BCUT2D eigenvalue weighted by molar-refractivity contribution is 5.14. The smallest absolute Gasteiger partial charge is 0.0943 e. The summed E-state index contributed by atoms with van der Waals surface area (Å²) in [5.74, 6) is 0. The maximum absolute atomic E-state index is 3.78. The Balaban J connectivity index is 0.000000181. The van der Waals surface area contributed by atoms with Gasteiger partial charge in [-0.05, 0) is 19.7 Å². The van der Waals surface area contributed by atoms with Crippen molar-refractivity contribution in [3.63, 3.8) is 0 Å². The first-order chi connectivity index (χ1) is 7.68. The van der Waals surface area contributed by atoms with E-state index >= 15 is 0 Å². The van der Waals surface area contributed by atoms with Crippen LogP contribution in [-0.4, -0.2) is 28.5 Å². The molecule has 0 aliphatic heterocycles. The van der Waals surface area contributed by atoms with E-state index in [1.165, 1.54) is 5.56 Å². The molecule has 0 N–H and O–H groups in total. The zero-order valence-corrected chi connectivity index (χ0v) is 10.2. The zero-order chi connectivity index (χ0) is 11.8. The molecular formula is C13H19N3. The number of nitrogens with zero attached hydrogens (tertiary/aromatic N) is 3. The van der Waals surface area contributed by atoms with Gasteiger partial charge < -0.3 is 9.47 Å². The third kappa shape index (κ3) is 5.32. The van der Waals surface area contributed by atoms with Crippen molar-refractivity contribution in [3.05, 3.63) is 54.6 Å². The maximum Gasteiger partial charge on any atom is 0.0943 e. The Morgan fingerprint density at radius 3 is 2.25 bits per heavy atom. The van der Waals surface area contributed by atoms with E-state index in [-0.39, 0.29) is 0 Å². The highest BCUT2D eigenvalue weighted by Gasteiger charge is 1.90. The Bertz CT molecular complexity index is 365. The van der Waals surface area contributed by atoms with Crippen molar-refractivity contribution in [1.29, 1.82) is 0 Å². The number of hydrogen-bond acceptors (Lipinski definition) is 2. The SMILES string of the molecule is CN(C)Cc1ccccc1.Cn1ccnc1. The molecule has 0 aliphatic rings. The van der Waals surface area contributed by atoms with Gasteiger partial charge in [0.15, 0.2) is 0 Å². The summed E-state index contributed by atoms with van der Waals surface area (Å²) in [6, 6.07) is 10.5. The lowest BCUT2D eigenvalue weighted by molar-refractivity contribution is 0.402. The average Bonchev–Trinajstić information content (AvgIpc) is 2.71. The van der Waals surface area contributed by atoms with Crippen molar-refractivity contribution < 1.29 is 0 Å². The fourth-order valence-electron chi connectivity index (χ4n) is 1.27. The van der Waals surface area contributed by atoms with E-state index in [2.05, 4.69) is 48.2 Å². The van der Waals surface area contributed by atoms with Crippen LogP contribution < -0.4 is 0 Å². The fraction of sp³-hybridized carbons (Fsp3) is 0.308. The summed E-state index contributed by atoms with van der Waals surface area (Å²) in [7, 11) is 6.09. The van der Waals surface area contributed by atoms with Crippen LogP contribution in [0, 0.1) is 0 Å². The third-order valence-electron chi connectivity index (χ3n) is 1.98. The molecule has 0 atom stereocenters. The first-order valence-corrected chi connectivity index (χ1v) is 5.29. The Morgan fingerprint density at radius 2 is 1.88 bits per heavy atom. The van der Waals surface area contributed by atoms with E-state index in [0.29, 0.717) is 0 Å². The Hall–Kier alpha value is -1.61. The lowest BCUT2D eigenvalue weighted by Gasteiger charge is -2.08. The number of rotatable bonds is 2. The molecule has 0 saturated heterocycles. The molecule has 16 heavy (non-hydrogen) atoms. The first kappa shape index (κ1) is 12.5. The lowest BCUT2D eigenvalue weighted by atomic mass is 10.2. The van der Waals surface area contributed by atoms with Crippen LogP contribution in [0.3, 0.4) is 0 Å². The maximum atomic E-state index is 3.78. The van der Waals surface area contributed by atoms with E-state index in [1.807, 2.05) is 23.9 Å². The molecule has 0 fully saturated rings. The van der Waals surface area contributed by atoms with Crippen molar-refractivity contribution >= 4 is 0 Å². The van der Waals surface area contributed by atoms with Gasteiger partial charge in [0.1, 0.15) is 0 Å². The standard InChI is InChI=1S/C9H13N.C4H6N2/c1-10(2)8-9-6-4-3-5-7-9;1-6-3-2-5-4-6/h3-7H,8H2,1-2H3;2-4H,1H3. The Kier molecular flexibility index (Phi) is 5.29. The van der Waals surface area contributed by atoms with Gasteiger partial charge in [0.2, 0.25) is 0 Å². The highest BCUT2D eigenvalue weighted by Crippen LogP contribution is 1.99. The Morgan fingerprint density at radius 1 is 1.19 bits per heavy atom. The summed E-state index contributed by atoms with van der Waals surface area (Å²) < 4.78 is 1.89. The van der Waals surface area contributed by atoms with E-state index in [9.17, 15) is 0 Å². The van der Waals surface area contributed by atoms with E-state index in [0.717, 1.165) is 6.54 Å². The first-order valence-electron chi connectivity index (χ1n) is 5.29. The Labute approximate surface area is 97.4 Å². The van der Waals surface area contributed by atoms with Gasteiger partial charge >= 0.3 is 0 Å². The molecule has 3 nitrogen and oxygen atoms in total. The van der Waals surface area contributed by atoms with Crippen LogP contribution in [0.5, 0.6) is 0 Å². The van der Waals surface area contributed by atoms with E-state index in [4.69, 9.17) is 0 Å². The van der Waals surface area contributed by atoms with Crippen molar-refractivity contribution in [3.8, 4) is 0 Å². The van der Waals surface area contributed by atoms with Gasteiger partial charge in [-0.3, -0.25) is 0 Å². The number of imidazole rings is 1. The molecule has 1 aromatic heterocycles. The van der Waals surface area contributed by atoms with Crippen molar-refractivity contribution in [2.75, 3.05) is 14.1 Å². The predicted octanol–water partition coefficient (Wildman–Crippen LogP) is 2.17. The molecule has 2 aromatic rings. The van der Waals surface area contributed by atoms with E-state index < -0.39 is 0 Å². The second-order valence-electron chi connectivity index (χ2n) is 3.95. The summed E-state index contributed by atoms with van der Waals surface area (Å²) in [5, 5.41) is 0. The minimum atomic E-state index is 1.03. The second kappa shape index (κ2) is 6.80. The van der Waals surface area contributed by atoms with Crippen LogP contribution >= 0.6 is 0 Å². The van der Waals surface area contributed by atoms with Gasteiger partial charge in [0.25, 0.3) is 0 Å². The fourth-order valence-corrected chi connectivity index (χ4v) is 1.27. The topological polar surface area (TPSA) is 21.1 Å². The molecule has 0 amide bonds. The average molecular weight is 217 g/mol. The quantitative estimate of drug-likeness (QED) is 0.768. The number of aryl methyl sites for hydroxylation is 1. The van der Waals surface area contributed by atoms with Gasteiger partial charge in [-0.2, -0.15) is 0 Å². The molecule has 0 unspecified atom stereocenters. The molecule has 86 valence electrons. The van der Waals surface area contributed by atoms with Gasteiger partial charge in [-0.15, -0.1) is 0 Å². The monoisotopic (exact) mass is 217 g/mol. The third-order valence-corrected chi connectivity index (χ3v) is 1.98. The zero-order valence-electron chi connectivity index (χ0n) is 10.2. The van der Waals surface area contributed by atoms with Gasteiger partial charge in [-0.25, -0.2) is 4.98 Å². The largest absolute Gasteiger partial charge is 0.341 e. The molecule has 1 heterocycles. The van der Waals surface area contributed by atoms with Crippen molar-refractivity contribution in [2.45, 2.75) is 6.54 Å². The molecule has 0 spiro atoms. The van der Waals surface area contributed by atoms with Crippen LogP contribution in [0.2, 0.25) is 0 Å². The predicted molar refractivity (Wildman–Crippen MR) is 67.0 cm³/mol. The van der Waals surface area contributed by atoms with Crippen LogP contribution in [0.1, 0.15) is 5.56 Å². The van der Waals surface area contributed by atoms with Crippen LogP contribution in [0.25, 0.3) is 0 Å². The number of aromatic nitrogens is 2. The molecule has 0 aliphatic carbocycles. The summed E-state index contributed by atoms with van der Waals surface area (Å²) in [4.78, 5) is 5.95. The summed E-state index contributed by atoms with van der Waals surface area (Å²) in [6.07, 6.45) is 5.39. The minimum absolute atomic E-state index is 1.03. The lowest BCUT2D eigenvalue weighted by Crippen LogP contribution is -2.10. The molecule has 2 rings (SSSR count). The van der Waals surface area contributed by atoms with Gasteiger partial charge in [0.05, 0.1) is 6.33 Å². The number of benzene rings is 1. The van der Waals surface area contributed by atoms with Gasteiger partial charge in [-0.1, -0.05) is 30.3 Å². The normalized spacial score (nSPS) is 9.75.